The molecular formula is C13H24N4O. The van der Waals surface area contributed by atoms with Crippen molar-refractivity contribution < 1.29 is 4.79 Å². The van der Waals surface area contributed by atoms with Gasteiger partial charge in [-0.25, -0.2) is 0 Å². The first-order chi connectivity index (χ1) is 8.52. The molecule has 0 saturated heterocycles. The molecule has 0 radical (unpaired) electrons. The monoisotopic (exact) mass is 252 g/mol. The Hall–Kier alpha value is -1.36. The summed E-state index contributed by atoms with van der Waals surface area (Å²) in [6.07, 6.45) is 2.38. The van der Waals surface area contributed by atoms with Crippen LogP contribution < -0.4 is 11.1 Å². The molecule has 0 aliphatic rings. The fraction of sp³-hybridized carbons (Fsp3) is 0.692. The lowest BCUT2D eigenvalue weighted by Crippen LogP contribution is -2.18. The number of H-pyrrole nitrogens is 1. The predicted octanol–water partition coefficient (Wildman–Crippen LogP) is 2.06. The number of amides is 1. The van der Waals surface area contributed by atoms with E-state index >= 15 is 0 Å². The van der Waals surface area contributed by atoms with E-state index in [2.05, 4.69) is 29.4 Å². The van der Waals surface area contributed by atoms with E-state index in [1.165, 1.54) is 0 Å². The molecule has 0 saturated carbocycles. The lowest BCUT2D eigenvalue weighted by molar-refractivity contribution is -0.116. The van der Waals surface area contributed by atoms with Gasteiger partial charge in [0.1, 0.15) is 0 Å². The van der Waals surface area contributed by atoms with E-state index in [-0.39, 0.29) is 5.91 Å². The number of anilines is 1. The molecular weight excluding hydrogens is 228 g/mol. The number of nitrogens with zero attached hydrogens (tertiary/aromatic N) is 1. The van der Waals surface area contributed by atoms with Crippen LogP contribution in [0, 0.1) is 18.8 Å². The second-order valence-electron chi connectivity index (χ2n) is 5.10. The van der Waals surface area contributed by atoms with Crippen LogP contribution in [0.25, 0.3) is 0 Å². The van der Waals surface area contributed by atoms with Crippen LogP contribution >= 0.6 is 0 Å². The number of carbonyl (C=O) groups excluding carboxylic acids is 1. The average Bonchev–Trinajstić information content (AvgIpc) is 2.69. The Labute approximate surface area is 109 Å². The molecule has 1 atom stereocenters. The maximum atomic E-state index is 11.8. The molecule has 0 spiro atoms. The molecule has 0 aliphatic carbocycles. The summed E-state index contributed by atoms with van der Waals surface area (Å²) >= 11 is 0. The number of aromatic amines is 1. The van der Waals surface area contributed by atoms with Gasteiger partial charge in [0.25, 0.3) is 0 Å². The maximum absolute atomic E-state index is 11.8. The molecule has 4 N–H and O–H groups in total. The first-order valence-electron chi connectivity index (χ1n) is 6.55. The van der Waals surface area contributed by atoms with Crippen LogP contribution in [0.5, 0.6) is 0 Å². The van der Waals surface area contributed by atoms with E-state index in [1.54, 1.807) is 0 Å². The molecule has 0 bridgehead atoms. The second kappa shape index (κ2) is 7.16. The Morgan fingerprint density at radius 2 is 2.22 bits per heavy atom. The molecule has 1 aromatic rings. The largest absolute Gasteiger partial charge is 0.330 e. The van der Waals surface area contributed by atoms with Crippen molar-refractivity contribution in [3.8, 4) is 0 Å². The smallest absolute Gasteiger partial charge is 0.225 e. The van der Waals surface area contributed by atoms with Crippen LogP contribution in [0.3, 0.4) is 0 Å². The minimum absolute atomic E-state index is 0.0178. The number of rotatable bonds is 7. The van der Waals surface area contributed by atoms with Crippen molar-refractivity contribution in [3.05, 3.63) is 11.8 Å². The lowest BCUT2D eigenvalue weighted by Gasteiger charge is -2.19. The van der Waals surface area contributed by atoms with Gasteiger partial charge in [-0.15, -0.1) is 0 Å². The highest BCUT2D eigenvalue weighted by Crippen LogP contribution is 2.20. The third kappa shape index (κ3) is 4.87. The molecule has 5 heteroatoms. The Morgan fingerprint density at radius 3 is 2.72 bits per heavy atom. The van der Waals surface area contributed by atoms with E-state index in [0.717, 1.165) is 18.5 Å². The number of carbonyl (C=O) groups is 1. The van der Waals surface area contributed by atoms with Gasteiger partial charge in [-0.2, -0.15) is 5.10 Å². The van der Waals surface area contributed by atoms with Gasteiger partial charge in [0.05, 0.1) is 0 Å². The van der Waals surface area contributed by atoms with Crippen molar-refractivity contribution in [2.45, 2.75) is 40.0 Å². The van der Waals surface area contributed by atoms with Crippen molar-refractivity contribution >= 4 is 11.7 Å². The third-order valence-corrected chi connectivity index (χ3v) is 3.20. The summed E-state index contributed by atoms with van der Waals surface area (Å²) in [6.45, 7) is 6.94. The topological polar surface area (TPSA) is 83.8 Å². The number of aryl methyl sites for hydroxylation is 1. The molecule has 0 aliphatic heterocycles. The van der Waals surface area contributed by atoms with Crippen molar-refractivity contribution in [2.24, 2.45) is 17.6 Å². The predicted molar refractivity (Wildman–Crippen MR) is 73.2 cm³/mol. The molecule has 1 amide bonds. The molecule has 1 rings (SSSR count). The Bertz CT molecular complexity index is 373. The van der Waals surface area contributed by atoms with Crippen LogP contribution in [-0.4, -0.2) is 22.6 Å². The van der Waals surface area contributed by atoms with E-state index < -0.39 is 0 Å². The first-order valence-corrected chi connectivity index (χ1v) is 6.55. The fourth-order valence-electron chi connectivity index (χ4n) is 2.03. The Kier molecular flexibility index (Phi) is 5.85. The van der Waals surface area contributed by atoms with Crippen molar-refractivity contribution in [1.82, 2.24) is 10.2 Å². The quantitative estimate of drug-likeness (QED) is 0.694. The van der Waals surface area contributed by atoms with Gasteiger partial charge in [0.2, 0.25) is 5.91 Å². The first kappa shape index (κ1) is 14.7. The summed E-state index contributed by atoms with van der Waals surface area (Å²) in [5.41, 5.74) is 6.52. The number of nitrogens with one attached hydrogen (secondary N) is 2. The van der Waals surface area contributed by atoms with Gasteiger partial charge in [-0.1, -0.05) is 13.8 Å². The second-order valence-corrected chi connectivity index (χ2v) is 5.10. The summed E-state index contributed by atoms with van der Waals surface area (Å²) in [5.74, 6) is 1.69. The van der Waals surface area contributed by atoms with Crippen molar-refractivity contribution in [3.63, 3.8) is 0 Å². The van der Waals surface area contributed by atoms with Gasteiger partial charge in [0.15, 0.2) is 5.82 Å². The number of aromatic nitrogens is 2. The molecule has 1 unspecified atom stereocenters. The Morgan fingerprint density at radius 1 is 1.50 bits per heavy atom. The van der Waals surface area contributed by atoms with E-state index in [1.807, 2.05) is 13.0 Å². The van der Waals surface area contributed by atoms with E-state index in [4.69, 9.17) is 5.73 Å². The van der Waals surface area contributed by atoms with Gasteiger partial charge in [-0.3, -0.25) is 9.89 Å². The third-order valence-electron chi connectivity index (χ3n) is 3.20. The van der Waals surface area contributed by atoms with Gasteiger partial charge >= 0.3 is 0 Å². The highest BCUT2D eigenvalue weighted by molar-refractivity contribution is 5.89. The van der Waals surface area contributed by atoms with Crippen LogP contribution in [0.15, 0.2) is 6.07 Å². The molecule has 0 aromatic carbocycles. The molecule has 18 heavy (non-hydrogen) atoms. The van der Waals surface area contributed by atoms with Crippen molar-refractivity contribution in [2.75, 3.05) is 11.9 Å². The summed E-state index contributed by atoms with van der Waals surface area (Å²) in [7, 11) is 0. The fourth-order valence-corrected chi connectivity index (χ4v) is 2.03. The number of hydrogen-bond donors (Lipinski definition) is 3. The highest BCUT2D eigenvalue weighted by Gasteiger charge is 2.14. The molecule has 102 valence electrons. The average molecular weight is 252 g/mol. The van der Waals surface area contributed by atoms with Gasteiger partial charge in [0, 0.05) is 18.2 Å². The van der Waals surface area contributed by atoms with Gasteiger partial charge in [-0.05, 0) is 38.1 Å². The summed E-state index contributed by atoms with van der Waals surface area (Å²) < 4.78 is 0. The lowest BCUT2D eigenvalue weighted by atomic mass is 9.88. The van der Waals surface area contributed by atoms with Crippen LogP contribution in [0.2, 0.25) is 0 Å². The summed E-state index contributed by atoms with van der Waals surface area (Å²) in [4.78, 5) is 11.8. The molecule has 5 nitrogen and oxygen atoms in total. The molecule has 1 aromatic heterocycles. The van der Waals surface area contributed by atoms with Crippen LogP contribution in [0.1, 0.15) is 38.8 Å². The number of hydrogen-bond acceptors (Lipinski definition) is 3. The Balaban J connectivity index is 2.35. The highest BCUT2D eigenvalue weighted by atomic mass is 16.1. The minimum Gasteiger partial charge on any atom is -0.330 e. The summed E-state index contributed by atoms with van der Waals surface area (Å²) in [6, 6.07) is 1.82. The van der Waals surface area contributed by atoms with Gasteiger partial charge < -0.3 is 11.1 Å². The van der Waals surface area contributed by atoms with Crippen molar-refractivity contribution in [1.29, 1.82) is 0 Å². The summed E-state index contributed by atoms with van der Waals surface area (Å²) in [5, 5.41) is 9.56. The normalized spacial score (nSPS) is 12.7. The standard InChI is InChI=1S/C13H24N4O/c1-9(2)11(6-7-14)4-5-13(18)15-12-8-10(3)16-17-12/h8-9,11H,4-7,14H2,1-3H3,(H2,15,16,17,18). The maximum Gasteiger partial charge on any atom is 0.225 e. The zero-order valence-corrected chi connectivity index (χ0v) is 11.5. The zero-order chi connectivity index (χ0) is 13.5. The minimum atomic E-state index is 0.0178. The number of nitrogens with two attached hydrogens (primary N) is 1. The zero-order valence-electron chi connectivity index (χ0n) is 11.5. The van der Waals surface area contributed by atoms with Crippen LogP contribution in [0.4, 0.5) is 5.82 Å². The van der Waals surface area contributed by atoms with E-state index in [9.17, 15) is 4.79 Å². The van der Waals surface area contributed by atoms with E-state index in [0.29, 0.717) is 30.6 Å². The van der Waals surface area contributed by atoms with Crippen LogP contribution in [-0.2, 0) is 4.79 Å². The molecule has 0 fully saturated rings. The SMILES string of the molecule is Cc1cc(NC(=O)CCC(CCN)C(C)C)n[nH]1. The molecule has 1 heterocycles.